The number of nitrogens with one attached hydrogen (secondary N) is 1. The van der Waals surface area contributed by atoms with Gasteiger partial charge in [0.1, 0.15) is 5.75 Å². The van der Waals surface area contributed by atoms with Crippen LogP contribution in [0.25, 0.3) is 0 Å². The molecule has 2 aromatic carbocycles. The maximum absolute atomic E-state index is 12.3. The fourth-order valence-electron chi connectivity index (χ4n) is 2.77. The number of hydrogen-bond donors (Lipinski definition) is 1. The molecule has 0 unspecified atom stereocenters. The zero-order valence-electron chi connectivity index (χ0n) is 15.4. The largest absolute Gasteiger partial charge is 0.483 e. The van der Waals surface area contributed by atoms with E-state index in [-0.39, 0.29) is 12.5 Å². The number of rotatable bonds is 7. The SMILES string of the molecule is CCCc1ccc(OCC(=O)Nc2c(C)cccc2C(C)C)c(Br)c1. The van der Waals surface area contributed by atoms with E-state index < -0.39 is 0 Å². The summed E-state index contributed by atoms with van der Waals surface area (Å²) in [5.74, 6) is 0.876. The van der Waals surface area contributed by atoms with E-state index in [2.05, 4.69) is 54.2 Å². The Hall–Kier alpha value is -1.81. The Kier molecular flexibility index (Phi) is 7.06. The minimum Gasteiger partial charge on any atom is -0.483 e. The Labute approximate surface area is 158 Å². The van der Waals surface area contributed by atoms with E-state index >= 15 is 0 Å². The smallest absolute Gasteiger partial charge is 0.262 e. The highest BCUT2D eigenvalue weighted by Crippen LogP contribution is 2.28. The zero-order chi connectivity index (χ0) is 18.4. The van der Waals surface area contributed by atoms with Crippen molar-refractivity contribution in [2.24, 2.45) is 0 Å². The van der Waals surface area contributed by atoms with Crippen molar-refractivity contribution in [3.05, 3.63) is 57.6 Å². The summed E-state index contributed by atoms with van der Waals surface area (Å²) in [5.41, 5.74) is 4.35. The third kappa shape index (κ3) is 5.33. The second-order valence-corrected chi connectivity index (χ2v) is 7.40. The monoisotopic (exact) mass is 403 g/mol. The van der Waals surface area contributed by atoms with Crippen molar-refractivity contribution < 1.29 is 9.53 Å². The highest BCUT2D eigenvalue weighted by molar-refractivity contribution is 9.10. The minimum absolute atomic E-state index is 0.0163. The summed E-state index contributed by atoms with van der Waals surface area (Å²) in [5, 5.41) is 3.00. The van der Waals surface area contributed by atoms with Crippen molar-refractivity contribution >= 4 is 27.5 Å². The van der Waals surface area contributed by atoms with Gasteiger partial charge in [0, 0.05) is 5.69 Å². The van der Waals surface area contributed by atoms with Crippen molar-refractivity contribution in [1.29, 1.82) is 0 Å². The summed E-state index contributed by atoms with van der Waals surface area (Å²) in [7, 11) is 0. The van der Waals surface area contributed by atoms with E-state index in [0.29, 0.717) is 11.7 Å². The van der Waals surface area contributed by atoms with E-state index in [1.54, 1.807) is 0 Å². The molecule has 134 valence electrons. The number of halogens is 1. The molecule has 0 fully saturated rings. The molecule has 2 aromatic rings. The summed E-state index contributed by atoms with van der Waals surface area (Å²) in [6, 6.07) is 12.1. The van der Waals surface area contributed by atoms with Crippen molar-refractivity contribution in [3.63, 3.8) is 0 Å². The lowest BCUT2D eigenvalue weighted by Gasteiger charge is -2.17. The Morgan fingerprint density at radius 1 is 1.24 bits per heavy atom. The first-order valence-corrected chi connectivity index (χ1v) is 9.52. The van der Waals surface area contributed by atoms with Gasteiger partial charge in [0.15, 0.2) is 6.61 Å². The lowest BCUT2D eigenvalue weighted by atomic mass is 9.98. The van der Waals surface area contributed by atoms with Gasteiger partial charge in [0.05, 0.1) is 4.47 Å². The molecule has 1 amide bonds. The van der Waals surface area contributed by atoms with Crippen LogP contribution in [0.2, 0.25) is 0 Å². The molecule has 4 heteroatoms. The third-order valence-electron chi connectivity index (χ3n) is 4.09. The number of benzene rings is 2. The van der Waals surface area contributed by atoms with Crippen molar-refractivity contribution in [2.75, 3.05) is 11.9 Å². The van der Waals surface area contributed by atoms with Crippen LogP contribution in [-0.4, -0.2) is 12.5 Å². The quantitative estimate of drug-likeness (QED) is 0.629. The van der Waals surface area contributed by atoms with Crippen molar-refractivity contribution in [2.45, 2.75) is 46.5 Å². The van der Waals surface area contributed by atoms with Crippen LogP contribution in [0.3, 0.4) is 0 Å². The standard InChI is InChI=1S/C21H26BrNO2/c1-5-7-16-10-11-19(18(22)12-16)25-13-20(24)23-21-15(4)8-6-9-17(21)14(2)3/h6,8-12,14H,5,7,13H2,1-4H3,(H,23,24). The molecule has 0 spiro atoms. The maximum atomic E-state index is 12.3. The Bertz CT molecular complexity index is 741. The molecule has 0 radical (unpaired) electrons. The number of hydrogen-bond acceptors (Lipinski definition) is 2. The molecular formula is C21H26BrNO2. The molecule has 0 aliphatic carbocycles. The molecule has 2 rings (SSSR count). The van der Waals surface area contributed by atoms with Gasteiger partial charge in [0.2, 0.25) is 0 Å². The fourth-order valence-corrected chi connectivity index (χ4v) is 3.31. The number of amides is 1. The van der Waals surface area contributed by atoms with Gasteiger partial charge in [-0.25, -0.2) is 0 Å². The maximum Gasteiger partial charge on any atom is 0.262 e. The molecule has 0 saturated heterocycles. The lowest BCUT2D eigenvalue weighted by Crippen LogP contribution is -2.21. The van der Waals surface area contributed by atoms with Crippen LogP contribution in [-0.2, 0) is 11.2 Å². The average Bonchev–Trinajstić information content (AvgIpc) is 2.56. The van der Waals surface area contributed by atoms with Gasteiger partial charge in [-0.05, 0) is 64.0 Å². The first-order chi connectivity index (χ1) is 11.9. The summed E-state index contributed by atoms with van der Waals surface area (Å²) in [6.45, 7) is 8.38. The first-order valence-electron chi connectivity index (χ1n) is 8.73. The van der Waals surface area contributed by atoms with Crippen molar-refractivity contribution in [3.8, 4) is 5.75 Å². The first kappa shape index (κ1) is 19.5. The molecule has 0 heterocycles. The minimum atomic E-state index is -0.152. The molecule has 3 nitrogen and oxygen atoms in total. The number of ether oxygens (including phenoxy) is 1. The highest BCUT2D eigenvalue weighted by Gasteiger charge is 2.13. The number of carbonyl (C=O) groups is 1. The Balaban J connectivity index is 2.02. The zero-order valence-corrected chi connectivity index (χ0v) is 16.9. The van der Waals surface area contributed by atoms with Crippen LogP contribution in [0.4, 0.5) is 5.69 Å². The number of aryl methyl sites for hydroxylation is 2. The normalized spacial score (nSPS) is 10.8. The van der Waals surface area contributed by atoms with Gasteiger partial charge in [-0.2, -0.15) is 0 Å². The van der Waals surface area contributed by atoms with E-state index in [1.807, 2.05) is 31.2 Å². The molecule has 0 bridgehead atoms. The summed E-state index contributed by atoms with van der Waals surface area (Å²) in [4.78, 5) is 12.3. The summed E-state index contributed by atoms with van der Waals surface area (Å²) < 4.78 is 6.56. The van der Waals surface area contributed by atoms with Crippen molar-refractivity contribution in [1.82, 2.24) is 0 Å². The predicted octanol–water partition coefficient (Wildman–Crippen LogP) is 5.85. The lowest BCUT2D eigenvalue weighted by molar-refractivity contribution is -0.118. The molecule has 25 heavy (non-hydrogen) atoms. The van der Waals surface area contributed by atoms with Crippen LogP contribution in [0.15, 0.2) is 40.9 Å². The van der Waals surface area contributed by atoms with Crippen LogP contribution in [0.5, 0.6) is 5.75 Å². The number of anilines is 1. The fraction of sp³-hybridized carbons (Fsp3) is 0.381. The average molecular weight is 404 g/mol. The molecule has 0 aliphatic rings. The van der Waals surface area contributed by atoms with Gasteiger partial charge in [0.25, 0.3) is 5.91 Å². The highest BCUT2D eigenvalue weighted by atomic mass is 79.9. The van der Waals surface area contributed by atoms with E-state index in [4.69, 9.17) is 4.74 Å². The van der Waals surface area contributed by atoms with E-state index in [1.165, 1.54) is 5.56 Å². The Morgan fingerprint density at radius 3 is 2.64 bits per heavy atom. The number of para-hydroxylation sites is 1. The molecule has 0 atom stereocenters. The van der Waals surface area contributed by atoms with Gasteiger partial charge in [-0.1, -0.05) is 51.5 Å². The van der Waals surface area contributed by atoms with Gasteiger partial charge < -0.3 is 10.1 Å². The number of carbonyl (C=O) groups excluding carboxylic acids is 1. The van der Waals surface area contributed by atoms with Crippen LogP contribution >= 0.6 is 15.9 Å². The van der Waals surface area contributed by atoms with Gasteiger partial charge in [-0.15, -0.1) is 0 Å². The summed E-state index contributed by atoms with van der Waals surface area (Å²) in [6.07, 6.45) is 2.13. The summed E-state index contributed by atoms with van der Waals surface area (Å²) >= 11 is 3.52. The van der Waals surface area contributed by atoms with E-state index in [9.17, 15) is 4.79 Å². The van der Waals surface area contributed by atoms with Gasteiger partial charge in [-0.3, -0.25) is 4.79 Å². The second-order valence-electron chi connectivity index (χ2n) is 6.55. The molecule has 0 saturated carbocycles. The Morgan fingerprint density at radius 2 is 2.00 bits per heavy atom. The van der Waals surface area contributed by atoms with Crippen LogP contribution in [0, 0.1) is 6.92 Å². The molecule has 1 N–H and O–H groups in total. The predicted molar refractivity (Wildman–Crippen MR) is 108 cm³/mol. The van der Waals surface area contributed by atoms with Crippen LogP contribution in [0.1, 0.15) is 49.8 Å². The molecule has 0 aromatic heterocycles. The van der Waals surface area contributed by atoms with E-state index in [0.717, 1.165) is 34.1 Å². The van der Waals surface area contributed by atoms with Crippen LogP contribution < -0.4 is 10.1 Å². The molecule has 0 aliphatic heterocycles. The topological polar surface area (TPSA) is 38.3 Å². The third-order valence-corrected chi connectivity index (χ3v) is 4.70. The molecular weight excluding hydrogens is 378 g/mol. The second kappa shape index (κ2) is 9.04. The van der Waals surface area contributed by atoms with Gasteiger partial charge >= 0.3 is 0 Å².